The van der Waals surface area contributed by atoms with E-state index in [1.165, 1.54) is 11.9 Å². The summed E-state index contributed by atoms with van der Waals surface area (Å²) in [5.41, 5.74) is 1.08. The third-order valence-corrected chi connectivity index (χ3v) is 4.22. The van der Waals surface area contributed by atoms with Gasteiger partial charge in [-0.25, -0.2) is 4.98 Å². The lowest BCUT2D eigenvalue weighted by molar-refractivity contribution is 0.189. The normalized spacial score (nSPS) is 18.8. The zero-order chi connectivity index (χ0) is 14.7. The van der Waals surface area contributed by atoms with Crippen molar-refractivity contribution >= 4 is 15.9 Å². The van der Waals surface area contributed by atoms with Gasteiger partial charge in [-0.15, -0.1) is 0 Å². The summed E-state index contributed by atoms with van der Waals surface area (Å²) < 4.78 is 6.19. The van der Waals surface area contributed by atoms with E-state index in [-0.39, 0.29) is 11.7 Å². The summed E-state index contributed by atoms with van der Waals surface area (Å²) in [6.07, 6.45) is 2.37. The fraction of sp³-hybridized carbons (Fsp3) is 0.333. The molecule has 6 heteroatoms. The van der Waals surface area contributed by atoms with Gasteiger partial charge < -0.3 is 9.72 Å². The number of aromatic amines is 1. The molecule has 1 aromatic heterocycles. The molecule has 1 fully saturated rings. The van der Waals surface area contributed by atoms with E-state index < -0.39 is 0 Å². The zero-order valence-electron chi connectivity index (χ0n) is 11.5. The Morgan fingerprint density at radius 2 is 2.19 bits per heavy atom. The molecule has 2 heterocycles. The van der Waals surface area contributed by atoms with Crippen LogP contribution in [0.15, 0.2) is 45.9 Å². The minimum atomic E-state index is -0.223. The molecule has 0 spiro atoms. The summed E-state index contributed by atoms with van der Waals surface area (Å²) >= 11 is 3.21. The summed E-state index contributed by atoms with van der Waals surface area (Å²) in [5, 5.41) is 0. The van der Waals surface area contributed by atoms with E-state index in [1.807, 2.05) is 6.07 Å². The Labute approximate surface area is 131 Å². The van der Waals surface area contributed by atoms with Crippen LogP contribution in [-0.2, 0) is 6.54 Å². The topological polar surface area (TPSA) is 58.2 Å². The van der Waals surface area contributed by atoms with E-state index in [2.05, 4.69) is 55.1 Å². The molecule has 5 nitrogen and oxygen atoms in total. The second-order valence-corrected chi connectivity index (χ2v) is 5.89. The van der Waals surface area contributed by atoms with Crippen LogP contribution in [0.25, 0.3) is 0 Å². The van der Waals surface area contributed by atoms with Crippen molar-refractivity contribution in [3.8, 4) is 5.88 Å². The highest BCUT2D eigenvalue weighted by Gasteiger charge is 2.25. The zero-order valence-corrected chi connectivity index (χ0v) is 13.0. The molecule has 1 aromatic carbocycles. The maximum absolute atomic E-state index is 11.5. The van der Waals surface area contributed by atoms with Crippen LogP contribution in [0, 0.1) is 0 Å². The van der Waals surface area contributed by atoms with Crippen LogP contribution in [-0.4, -0.2) is 34.1 Å². The molecule has 3 rings (SSSR count). The van der Waals surface area contributed by atoms with Crippen LogP contribution >= 0.6 is 15.9 Å². The molecule has 1 saturated heterocycles. The average molecular weight is 350 g/mol. The minimum Gasteiger partial charge on any atom is -0.472 e. The summed E-state index contributed by atoms with van der Waals surface area (Å²) in [7, 11) is 0. The Morgan fingerprint density at radius 3 is 3.00 bits per heavy atom. The van der Waals surface area contributed by atoms with Crippen LogP contribution in [0.1, 0.15) is 12.0 Å². The second kappa shape index (κ2) is 6.41. The van der Waals surface area contributed by atoms with Gasteiger partial charge in [0.1, 0.15) is 10.6 Å². The monoisotopic (exact) mass is 349 g/mol. The van der Waals surface area contributed by atoms with Crippen molar-refractivity contribution in [1.29, 1.82) is 0 Å². The number of halogens is 1. The number of likely N-dealkylation sites (tertiary alicyclic amines) is 1. The fourth-order valence-electron chi connectivity index (χ4n) is 2.49. The molecule has 0 aliphatic carbocycles. The summed E-state index contributed by atoms with van der Waals surface area (Å²) in [6, 6.07) is 10.4. The van der Waals surface area contributed by atoms with Crippen molar-refractivity contribution in [2.75, 3.05) is 13.1 Å². The SMILES string of the molecule is O=c1[nH]cnc(OC2CCN(Cc3ccccc3)C2)c1Br. The van der Waals surface area contributed by atoms with Crippen molar-refractivity contribution in [3.05, 3.63) is 57.0 Å². The number of ether oxygens (including phenoxy) is 1. The Balaban J connectivity index is 1.60. The quantitative estimate of drug-likeness (QED) is 0.918. The highest BCUT2D eigenvalue weighted by atomic mass is 79.9. The van der Waals surface area contributed by atoms with E-state index in [1.54, 1.807) is 0 Å². The van der Waals surface area contributed by atoms with Gasteiger partial charge >= 0.3 is 0 Å². The van der Waals surface area contributed by atoms with E-state index in [9.17, 15) is 4.79 Å². The van der Waals surface area contributed by atoms with Crippen LogP contribution in [0.2, 0.25) is 0 Å². The first kappa shape index (κ1) is 14.3. The molecule has 0 bridgehead atoms. The van der Waals surface area contributed by atoms with Crippen LogP contribution in [0.4, 0.5) is 0 Å². The molecule has 110 valence electrons. The molecule has 0 amide bonds. The molecule has 0 saturated carbocycles. The predicted molar refractivity (Wildman–Crippen MR) is 83.3 cm³/mol. The Morgan fingerprint density at radius 1 is 1.38 bits per heavy atom. The molecule has 1 unspecified atom stereocenters. The Bertz CT molecular complexity index is 659. The fourth-order valence-corrected chi connectivity index (χ4v) is 2.80. The predicted octanol–water partition coefficient (Wildman–Crippen LogP) is 2.19. The second-order valence-electron chi connectivity index (χ2n) is 5.10. The number of hydrogen-bond acceptors (Lipinski definition) is 4. The van der Waals surface area contributed by atoms with E-state index in [0.29, 0.717) is 10.4 Å². The lowest BCUT2D eigenvalue weighted by Crippen LogP contribution is -2.25. The molecule has 1 atom stereocenters. The van der Waals surface area contributed by atoms with E-state index in [0.717, 1.165) is 26.1 Å². The summed E-state index contributed by atoms with van der Waals surface area (Å²) in [4.78, 5) is 20.4. The lowest BCUT2D eigenvalue weighted by atomic mass is 10.2. The standard InChI is InChI=1S/C15H16BrN3O2/c16-13-14(20)17-10-18-15(13)21-12-6-7-19(9-12)8-11-4-2-1-3-5-11/h1-5,10,12H,6-9H2,(H,17,18,20). The van der Waals surface area contributed by atoms with Crippen molar-refractivity contribution in [2.24, 2.45) is 0 Å². The van der Waals surface area contributed by atoms with Crippen molar-refractivity contribution in [2.45, 2.75) is 19.1 Å². The van der Waals surface area contributed by atoms with Gasteiger partial charge in [-0.2, -0.15) is 0 Å². The smallest absolute Gasteiger partial charge is 0.268 e. The van der Waals surface area contributed by atoms with Crippen LogP contribution in [0.5, 0.6) is 5.88 Å². The van der Waals surface area contributed by atoms with Gasteiger partial charge in [0.2, 0.25) is 5.88 Å². The number of aromatic nitrogens is 2. The van der Waals surface area contributed by atoms with Crippen molar-refractivity contribution in [3.63, 3.8) is 0 Å². The number of H-pyrrole nitrogens is 1. The first-order valence-corrected chi connectivity index (χ1v) is 7.68. The first-order chi connectivity index (χ1) is 10.2. The first-order valence-electron chi connectivity index (χ1n) is 6.88. The lowest BCUT2D eigenvalue weighted by Gasteiger charge is -2.16. The highest BCUT2D eigenvalue weighted by molar-refractivity contribution is 9.10. The van der Waals surface area contributed by atoms with E-state index in [4.69, 9.17) is 4.74 Å². The summed E-state index contributed by atoms with van der Waals surface area (Å²) in [5.74, 6) is 0.366. The average Bonchev–Trinajstić information content (AvgIpc) is 2.92. The molecular weight excluding hydrogens is 334 g/mol. The largest absolute Gasteiger partial charge is 0.472 e. The summed E-state index contributed by atoms with van der Waals surface area (Å²) in [6.45, 7) is 2.75. The van der Waals surface area contributed by atoms with Gasteiger partial charge in [-0.05, 0) is 27.9 Å². The Hall–Kier alpha value is -1.66. The van der Waals surface area contributed by atoms with Gasteiger partial charge in [0.25, 0.3) is 5.56 Å². The van der Waals surface area contributed by atoms with Gasteiger partial charge in [0, 0.05) is 19.6 Å². The number of benzene rings is 1. The van der Waals surface area contributed by atoms with E-state index >= 15 is 0 Å². The molecule has 21 heavy (non-hydrogen) atoms. The molecule has 1 aliphatic heterocycles. The molecule has 2 aromatic rings. The number of rotatable bonds is 4. The maximum Gasteiger partial charge on any atom is 0.268 e. The van der Waals surface area contributed by atoms with Gasteiger partial charge in [-0.1, -0.05) is 30.3 Å². The van der Waals surface area contributed by atoms with Gasteiger partial charge in [0.05, 0.1) is 6.33 Å². The number of nitrogens with one attached hydrogen (secondary N) is 1. The molecular formula is C15H16BrN3O2. The molecule has 1 N–H and O–H groups in total. The molecule has 0 radical (unpaired) electrons. The maximum atomic E-state index is 11.5. The number of nitrogens with zero attached hydrogens (tertiary/aromatic N) is 2. The van der Waals surface area contributed by atoms with Crippen molar-refractivity contribution < 1.29 is 4.74 Å². The third kappa shape index (κ3) is 3.51. The number of hydrogen-bond donors (Lipinski definition) is 1. The molecule has 1 aliphatic rings. The van der Waals surface area contributed by atoms with Gasteiger partial charge in [0.15, 0.2) is 0 Å². The van der Waals surface area contributed by atoms with Crippen molar-refractivity contribution in [1.82, 2.24) is 14.9 Å². The van der Waals surface area contributed by atoms with Crippen LogP contribution < -0.4 is 10.3 Å². The third-order valence-electron chi connectivity index (χ3n) is 3.52. The van der Waals surface area contributed by atoms with Gasteiger partial charge in [-0.3, -0.25) is 9.69 Å². The highest BCUT2D eigenvalue weighted by Crippen LogP contribution is 2.22. The minimum absolute atomic E-state index is 0.0688. The Kier molecular flexibility index (Phi) is 4.36. The van der Waals surface area contributed by atoms with Crippen LogP contribution in [0.3, 0.4) is 0 Å².